The number of anilines is 1. The molecule has 20 heavy (non-hydrogen) atoms. The van der Waals surface area contributed by atoms with Gasteiger partial charge in [0.25, 0.3) is 5.91 Å². The molecule has 0 atom stereocenters. The van der Waals surface area contributed by atoms with Crippen LogP contribution in [0.1, 0.15) is 20.9 Å². The summed E-state index contributed by atoms with van der Waals surface area (Å²) in [6, 6.07) is 3.80. The zero-order valence-corrected chi connectivity index (χ0v) is 11.2. The molecule has 0 aliphatic rings. The second-order valence-electron chi connectivity index (χ2n) is 3.90. The molecule has 2 rings (SSSR count). The smallest absolute Gasteiger partial charge is 0.267 e. The third-order valence-corrected chi connectivity index (χ3v) is 3.49. The molecule has 1 heterocycles. The fraction of sp³-hybridized carbons (Fsp3) is 0.0833. The summed E-state index contributed by atoms with van der Waals surface area (Å²) in [6.45, 7) is 1.72. The predicted octanol–water partition coefficient (Wildman–Crippen LogP) is 1.94. The lowest BCUT2D eigenvalue weighted by atomic mass is 10.1. The molecule has 0 saturated carbocycles. The lowest BCUT2D eigenvalue weighted by Crippen LogP contribution is -2.17. The zero-order chi connectivity index (χ0) is 14.7. The highest BCUT2D eigenvalue weighted by Gasteiger charge is 2.14. The maximum absolute atomic E-state index is 13.5. The highest BCUT2D eigenvalue weighted by Crippen LogP contribution is 2.18. The minimum absolute atomic E-state index is 0.0914. The van der Waals surface area contributed by atoms with Gasteiger partial charge in [-0.05, 0) is 25.1 Å². The number of carbonyl (C=O) groups excluding carboxylic acids is 1. The Hall–Kier alpha value is -2.48. The Morgan fingerprint density at radius 3 is 2.90 bits per heavy atom. The van der Waals surface area contributed by atoms with Gasteiger partial charge in [-0.3, -0.25) is 4.79 Å². The molecule has 0 saturated heterocycles. The van der Waals surface area contributed by atoms with Crippen LogP contribution >= 0.6 is 11.3 Å². The van der Waals surface area contributed by atoms with Gasteiger partial charge in [-0.15, -0.1) is 11.3 Å². The molecular weight excluding hydrogens is 283 g/mol. The number of nitrogens with zero attached hydrogens (tertiary/aromatic N) is 2. The lowest BCUT2D eigenvalue weighted by molar-refractivity contribution is 0.103. The number of amides is 1. The van der Waals surface area contributed by atoms with Gasteiger partial charge in [-0.1, -0.05) is 5.16 Å². The molecule has 2 aromatic rings. The van der Waals surface area contributed by atoms with Crippen molar-refractivity contribution in [1.29, 1.82) is 0 Å². The van der Waals surface area contributed by atoms with Gasteiger partial charge >= 0.3 is 0 Å². The van der Waals surface area contributed by atoms with E-state index in [1.807, 2.05) is 0 Å². The summed E-state index contributed by atoms with van der Waals surface area (Å²) >= 11 is 1.21. The van der Waals surface area contributed by atoms with Crippen molar-refractivity contribution in [1.82, 2.24) is 4.98 Å². The van der Waals surface area contributed by atoms with Crippen LogP contribution in [0.5, 0.6) is 0 Å². The molecule has 8 heteroatoms. The number of oxime groups is 1. The van der Waals surface area contributed by atoms with E-state index in [-0.39, 0.29) is 17.3 Å². The van der Waals surface area contributed by atoms with Gasteiger partial charge in [0.05, 0.1) is 16.8 Å². The van der Waals surface area contributed by atoms with E-state index in [0.29, 0.717) is 16.3 Å². The van der Waals surface area contributed by atoms with E-state index in [1.165, 1.54) is 23.5 Å². The summed E-state index contributed by atoms with van der Waals surface area (Å²) < 4.78 is 13.5. The highest BCUT2D eigenvalue weighted by atomic mass is 32.1. The summed E-state index contributed by atoms with van der Waals surface area (Å²) in [6.07, 6.45) is 0. The standard InChI is InChI=1S/C12H11FN4O2S/c1-6-10(20-5-15-6)12(18)16-7-2-3-9(13)8(4-7)11(14)17-19/h2-5,19H,1H3,(H2,14,17)(H,16,18). The summed E-state index contributed by atoms with van der Waals surface area (Å²) in [4.78, 5) is 16.4. The SMILES string of the molecule is Cc1ncsc1C(=O)Nc1ccc(F)c(C(N)=NO)c1. The molecule has 0 spiro atoms. The van der Waals surface area contributed by atoms with Crippen molar-refractivity contribution in [2.24, 2.45) is 10.9 Å². The van der Waals surface area contributed by atoms with E-state index >= 15 is 0 Å². The van der Waals surface area contributed by atoms with Crippen LogP contribution in [-0.4, -0.2) is 21.9 Å². The van der Waals surface area contributed by atoms with Gasteiger partial charge in [0.15, 0.2) is 5.84 Å². The molecule has 1 aromatic heterocycles. The lowest BCUT2D eigenvalue weighted by Gasteiger charge is -2.07. The molecule has 6 nitrogen and oxygen atoms in total. The number of hydrogen-bond acceptors (Lipinski definition) is 5. The number of thiazole rings is 1. The van der Waals surface area contributed by atoms with Crippen LogP contribution in [0, 0.1) is 12.7 Å². The van der Waals surface area contributed by atoms with E-state index < -0.39 is 5.82 Å². The number of aryl methyl sites for hydroxylation is 1. The molecule has 0 fully saturated rings. The summed E-state index contributed by atoms with van der Waals surface area (Å²) in [5.74, 6) is -1.36. The Labute approximate surface area is 117 Å². The molecule has 0 radical (unpaired) electrons. The zero-order valence-electron chi connectivity index (χ0n) is 10.4. The third kappa shape index (κ3) is 2.75. The number of rotatable bonds is 3. The van der Waals surface area contributed by atoms with Crippen molar-refractivity contribution < 1.29 is 14.4 Å². The van der Waals surface area contributed by atoms with E-state index in [1.54, 1.807) is 12.4 Å². The summed E-state index contributed by atoms with van der Waals surface area (Å²) in [5.41, 5.74) is 7.78. The van der Waals surface area contributed by atoms with Crippen molar-refractivity contribution in [3.8, 4) is 0 Å². The summed E-state index contributed by atoms with van der Waals surface area (Å²) in [7, 11) is 0. The van der Waals surface area contributed by atoms with Gasteiger partial charge in [0.1, 0.15) is 10.7 Å². The molecule has 1 aromatic carbocycles. The van der Waals surface area contributed by atoms with E-state index in [9.17, 15) is 9.18 Å². The van der Waals surface area contributed by atoms with Crippen LogP contribution in [-0.2, 0) is 0 Å². The number of amidine groups is 1. The third-order valence-electron chi connectivity index (χ3n) is 2.56. The molecule has 0 aliphatic heterocycles. The average Bonchev–Trinajstić information content (AvgIpc) is 2.86. The topological polar surface area (TPSA) is 101 Å². The number of carbonyl (C=O) groups is 1. The Kier molecular flexibility index (Phi) is 3.94. The van der Waals surface area contributed by atoms with Crippen LogP contribution in [0.3, 0.4) is 0 Å². The Balaban J connectivity index is 2.27. The monoisotopic (exact) mass is 294 g/mol. The van der Waals surface area contributed by atoms with Crippen LogP contribution in [0.2, 0.25) is 0 Å². The minimum Gasteiger partial charge on any atom is -0.409 e. The fourth-order valence-electron chi connectivity index (χ4n) is 1.56. The Morgan fingerprint density at radius 2 is 2.30 bits per heavy atom. The maximum Gasteiger partial charge on any atom is 0.267 e. The minimum atomic E-state index is -0.646. The van der Waals surface area contributed by atoms with Gasteiger partial charge in [-0.25, -0.2) is 9.37 Å². The van der Waals surface area contributed by atoms with Crippen molar-refractivity contribution in [3.63, 3.8) is 0 Å². The second-order valence-corrected chi connectivity index (χ2v) is 4.76. The highest BCUT2D eigenvalue weighted by molar-refractivity contribution is 7.12. The Morgan fingerprint density at radius 1 is 1.55 bits per heavy atom. The number of nitrogens with one attached hydrogen (secondary N) is 1. The fourth-order valence-corrected chi connectivity index (χ4v) is 2.26. The van der Waals surface area contributed by atoms with Gasteiger partial charge in [-0.2, -0.15) is 0 Å². The molecule has 0 aliphatic carbocycles. The first-order chi connectivity index (χ1) is 9.52. The first-order valence-electron chi connectivity index (χ1n) is 5.52. The van der Waals surface area contributed by atoms with E-state index in [2.05, 4.69) is 15.5 Å². The quantitative estimate of drug-likeness (QED) is 0.348. The van der Waals surface area contributed by atoms with Crippen molar-refractivity contribution in [3.05, 3.63) is 45.7 Å². The number of hydrogen-bond donors (Lipinski definition) is 3. The van der Waals surface area contributed by atoms with E-state index in [0.717, 1.165) is 6.07 Å². The van der Waals surface area contributed by atoms with Crippen LogP contribution in [0.4, 0.5) is 10.1 Å². The van der Waals surface area contributed by atoms with Gasteiger partial charge in [0, 0.05) is 5.69 Å². The predicted molar refractivity (Wildman–Crippen MR) is 73.7 cm³/mol. The number of nitrogens with two attached hydrogens (primary N) is 1. The van der Waals surface area contributed by atoms with E-state index in [4.69, 9.17) is 10.9 Å². The first-order valence-corrected chi connectivity index (χ1v) is 6.39. The van der Waals surface area contributed by atoms with Crippen molar-refractivity contribution in [2.45, 2.75) is 6.92 Å². The Bertz CT molecular complexity index is 684. The normalized spacial score (nSPS) is 11.4. The molecule has 4 N–H and O–H groups in total. The first kappa shape index (κ1) is 13.9. The van der Waals surface area contributed by atoms with Crippen molar-refractivity contribution in [2.75, 3.05) is 5.32 Å². The maximum atomic E-state index is 13.5. The second kappa shape index (κ2) is 5.66. The largest absolute Gasteiger partial charge is 0.409 e. The van der Waals surface area contributed by atoms with Gasteiger partial charge < -0.3 is 16.3 Å². The van der Waals surface area contributed by atoms with Crippen LogP contribution < -0.4 is 11.1 Å². The number of aromatic nitrogens is 1. The molecule has 0 unspecified atom stereocenters. The van der Waals surface area contributed by atoms with Crippen molar-refractivity contribution >= 4 is 28.8 Å². The molecule has 0 bridgehead atoms. The van der Waals surface area contributed by atoms with Crippen LogP contribution in [0.25, 0.3) is 0 Å². The molecular formula is C12H11FN4O2S. The average molecular weight is 294 g/mol. The molecule has 1 amide bonds. The summed E-state index contributed by atoms with van der Waals surface area (Å²) in [5, 5.41) is 13.9. The number of benzene rings is 1. The number of halogens is 1. The van der Waals surface area contributed by atoms with Crippen LogP contribution in [0.15, 0.2) is 28.9 Å². The van der Waals surface area contributed by atoms with Gasteiger partial charge in [0.2, 0.25) is 0 Å². The molecule has 104 valence electrons.